The standard InChI is InChI=1S/C11H15N7O/c1-2-17-11(13-7-14-17)3-10(19)9-6-18(16-15-9)8-4-12-5-8/h6-8,12H,2-5H2,1H3. The van der Waals surface area contributed by atoms with Crippen molar-refractivity contribution in [3.63, 3.8) is 0 Å². The number of aromatic nitrogens is 6. The van der Waals surface area contributed by atoms with Crippen LogP contribution in [0.3, 0.4) is 0 Å². The molecular weight excluding hydrogens is 246 g/mol. The molecule has 0 spiro atoms. The fourth-order valence-corrected chi connectivity index (χ4v) is 1.97. The van der Waals surface area contributed by atoms with Gasteiger partial charge in [0, 0.05) is 19.6 Å². The van der Waals surface area contributed by atoms with Gasteiger partial charge < -0.3 is 5.32 Å². The summed E-state index contributed by atoms with van der Waals surface area (Å²) < 4.78 is 3.45. The lowest BCUT2D eigenvalue weighted by Gasteiger charge is -2.26. The van der Waals surface area contributed by atoms with E-state index in [9.17, 15) is 4.79 Å². The van der Waals surface area contributed by atoms with E-state index in [0.717, 1.165) is 13.1 Å². The minimum absolute atomic E-state index is 0.0822. The fourth-order valence-electron chi connectivity index (χ4n) is 1.97. The van der Waals surface area contributed by atoms with E-state index < -0.39 is 0 Å². The number of carbonyl (C=O) groups excluding carboxylic acids is 1. The van der Waals surface area contributed by atoms with E-state index in [1.807, 2.05) is 6.92 Å². The average Bonchev–Trinajstić information content (AvgIpc) is 2.95. The van der Waals surface area contributed by atoms with Gasteiger partial charge in [-0.3, -0.25) is 4.79 Å². The summed E-state index contributed by atoms with van der Waals surface area (Å²) in [6.45, 7) is 4.41. The quantitative estimate of drug-likeness (QED) is 0.727. The summed E-state index contributed by atoms with van der Waals surface area (Å²) in [7, 11) is 0. The Morgan fingerprint density at radius 1 is 1.53 bits per heavy atom. The van der Waals surface area contributed by atoms with Crippen LogP contribution in [0.4, 0.5) is 0 Å². The lowest BCUT2D eigenvalue weighted by Crippen LogP contribution is -2.43. The summed E-state index contributed by atoms with van der Waals surface area (Å²) in [5.74, 6) is 0.577. The Labute approximate surface area is 109 Å². The van der Waals surface area contributed by atoms with E-state index in [1.165, 1.54) is 6.33 Å². The molecule has 0 saturated carbocycles. The first kappa shape index (κ1) is 12.0. The Balaban J connectivity index is 1.71. The molecule has 0 atom stereocenters. The van der Waals surface area contributed by atoms with Crippen LogP contribution < -0.4 is 5.32 Å². The molecule has 8 heteroatoms. The molecule has 0 bridgehead atoms. The van der Waals surface area contributed by atoms with Crippen LogP contribution in [0.2, 0.25) is 0 Å². The first-order chi connectivity index (χ1) is 9.28. The molecule has 2 aromatic rings. The maximum atomic E-state index is 12.1. The summed E-state index contributed by atoms with van der Waals surface area (Å²) >= 11 is 0. The number of hydrogen-bond donors (Lipinski definition) is 1. The second-order valence-corrected chi connectivity index (χ2v) is 4.49. The SMILES string of the molecule is CCn1ncnc1CC(=O)c1cn(C2CNC2)nn1. The summed E-state index contributed by atoms with van der Waals surface area (Å²) in [4.78, 5) is 16.2. The van der Waals surface area contributed by atoms with Gasteiger partial charge in [-0.1, -0.05) is 5.21 Å². The van der Waals surface area contributed by atoms with E-state index in [1.54, 1.807) is 15.6 Å². The van der Waals surface area contributed by atoms with Crippen LogP contribution in [0.5, 0.6) is 0 Å². The third-order valence-electron chi connectivity index (χ3n) is 3.24. The smallest absolute Gasteiger partial charge is 0.192 e. The number of aryl methyl sites for hydroxylation is 1. The maximum Gasteiger partial charge on any atom is 0.192 e. The molecule has 1 saturated heterocycles. The number of nitrogens with one attached hydrogen (secondary N) is 1. The van der Waals surface area contributed by atoms with E-state index in [-0.39, 0.29) is 12.2 Å². The van der Waals surface area contributed by atoms with Crippen molar-refractivity contribution in [2.75, 3.05) is 13.1 Å². The van der Waals surface area contributed by atoms with Gasteiger partial charge in [-0.05, 0) is 6.92 Å². The van der Waals surface area contributed by atoms with Gasteiger partial charge in [0.2, 0.25) is 0 Å². The Kier molecular flexibility index (Phi) is 3.08. The molecule has 0 aliphatic carbocycles. The van der Waals surface area contributed by atoms with Gasteiger partial charge in [-0.25, -0.2) is 14.3 Å². The molecule has 19 heavy (non-hydrogen) atoms. The molecule has 2 aromatic heterocycles. The molecule has 100 valence electrons. The monoisotopic (exact) mass is 261 g/mol. The van der Waals surface area contributed by atoms with Crippen molar-refractivity contribution in [1.29, 1.82) is 0 Å². The second kappa shape index (κ2) is 4.88. The van der Waals surface area contributed by atoms with Gasteiger partial charge in [0.15, 0.2) is 5.78 Å². The Morgan fingerprint density at radius 3 is 3.05 bits per heavy atom. The van der Waals surface area contributed by atoms with Crippen LogP contribution in [0, 0.1) is 0 Å². The van der Waals surface area contributed by atoms with Crippen LogP contribution in [0.25, 0.3) is 0 Å². The average molecular weight is 261 g/mol. The van der Waals surface area contributed by atoms with Crippen LogP contribution in [0.1, 0.15) is 29.3 Å². The predicted molar refractivity (Wildman–Crippen MR) is 65.7 cm³/mol. The number of carbonyl (C=O) groups is 1. The molecular formula is C11H15N7O. The van der Waals surface area contributed by atoms with Crippen molar-refractivity contribution in [3.8, 4) is 0 Å². The number of hydrogen-bond acceptors (Lipinski definition) is 6. The highest BCUT2D eigenvalue weighted by Gasteiger charge is 2.22. The summed E-state index contributed by atoms with van der Waals surface area (Å²) in [5.41, 5.74) is 0.387. The van der Waals surface area contributed by atoms with Crippen molar-refractivity contribution in [1.82, 2.24) is 35.1 Å². The van der Waals surface area contributed by atoms with Gasteiger partial charge in [0.25, 0.3) is 0 Å². The van der Waals surface area contributed by atoms with Crippen molar-refractivity contribution >= 4 is 5.78 Å². The highest BCUT2D eigenvalue weighted by molar-refractivity contribution is 5.94. The lowest BCUT2D eigenvalue weighted by atomic mass is 10.2. The molecule has 0 unspecified atom stereocenters. The van der Waals surface area contributed by atoms with Crippen LogP contribution in [0.15, 0.2) is 12.5 Å². The van der Waals surface area contributed by atoms with Gasteiger partial charge in [-0.2, -0.15) is 5.10 Å². The largest absolute Gasteiger partial charge is 0.312 e. The lowest BCUT2D eigenvalue weighted by molar-refractivity contribution is 0.0984. The number of rotatable bonds is 5. The molecule has 0 amide bonds. The first-order valence-electron chi connectivity index (χ1n) is 6.30. The fraction of sp³-hybridized carbons (Fsp3) is 0.545. The summed E-state index contributed by atoms with van der Waals surface area (Å²) in [5, 5.41) is 15.1. The van der Waals surface area contributed by atoms with Crippen LogP contribution >= 0.6 is 0 Å². The third kappa shape index (κ3) is 2.26. The molecule has 0 aromatic carbocycles. The number of Topliss-reactive ketones (excluding diaryl/α,β-unsaturated/α-hetero) is 1. The van der Waals surface area contributed by atoms with Crippen molar-refractivity contribution in [2.45, 2.75) is 25.9 Å². The normalized spacial score (nSPS) is 15.4. The molecule has 1 fully saturated rings. The number of nitrogens with zero attached hydrogens (tertiary/aromatic N) is 6. The van der Waals surface area contributed by atoms with Crippen LogP contribution in [-0.2, 0) is 13.0 Å². The first-order valence-corrected chi connectivity index (χ1v) is 6.30. The van der Waals surface area contributed by atoms with E-state index in [4.69, 9.17) is 0 Å². The van der Waals surface area contributed by atoms with Gasteiger partial charge >= 0.3 is 0 Å². The minimum Gasteiger partial charge on any atom is -0.312 e. The van der Waals surface area contributed by atoms with Gasteiger partial charge in [-0.15, -0.1) is 5.10 Å². The molecule has 1 aliphatic rings. The summed E-state index contributed by atoms with van der Waals surface area (Å²) in [6.07, 6.45) is 3.37. The van der Waals surface area contributed by atoms with Crippen molar-refractivity contribution < 1.29 is 4.79 Å². The van der Waals surface area contributed by atoms with Crippen molar-refractivity contribution in [2.24, 2.45) is 0 Å². The maximum absolute atomic E-state index is 12.1. The number of ketones is 1. The van der Waals surface area contributed by atoms with E-state index >= 15 is 0 Å². The zero-order valence-electron chi connectivity index (χ0n) is 10.7. The second-order valence-electron chi connectivity index (χ2n) is 4.49. The van der Waals surface area contributed by atoms with Crippen LogP contribution in [-0.4, -0.2) is 48.6 Å². The predicted octanol–water partition coefficient (Wildman–Crippen LogP) is -0.541. The Hall–Kier alpha value is -2.09. The highest BCUT2D eigenvalue weighted by Crippen LogP contribution is 2.11. The van der Waals surface area contributed by atoms with E-state index in [0.29, 0.717) is 24.1 Å². The molecule has 3 heterocycles. The van der Waals surface area contributed by atoms with Gasteiger partial charge in [0.1, 0.15) is 17.8 Å². The van der Waals surface area contributed by atoms with Crippen molar-refractivity contribution in [3.05, 3.63) is 24.0 Å². The zero-order valence-corrected chi connectivity index (χ0v) is 10.7. The topological polar surface area (TPSA) is 90.5 Å². The highest BCUT2D eigenvalue weighted by atomic mass is 16.1. The zero-order chi connectivity index (χ0) is 13.2. The van der Waals surface area contributed by atoms with Gasteiger partial charge in [0.05, 0.1) is 18.7 Å². The minimum atomic E-state index is -0.0822. The Bertz CT molecular complexity index is 583. The molecule has 1 aliphatic heterocycles. The Morgan fingerprint density at radius 2 is 2.37 bits per heavy atom. The van der Waals surface area contributed by atoms with E-state index in [2.05, 4.69) is 25.7 Å². The third-order valence-corrected chi connectivity index (χ3v) is 3.24. The molecule has 3 rings (SSSR count). The summed E-state index contributed by atoms with van der Waals surface area (Å²) in [6, 6.07) is 0.313. The molecule has 0 radical (unpaired) electrons. The molecule has 1 N–H and O–H groups in total. The molecule has 8 nitrogen and oxygen atoms in total.